The molecule has 0 saturated heterocycles. The van der Waals surface area contributed by atoms with Crippen LogP contribution in [0.2, 0.25) is 0 Å². The van der Waals surface area contributed by atoms with Gasteiger partial charge >= 0.3 is 19.8 Å². The van der Waals surface area contributed by atoms with Crippen molar-refractivity contribution >= 4 is 19.8 Å². The molecule has 0 rings (SSSR count). The molecule has 0 unspecified atom stereocenters. The molecule has 0 radical (unpaired) electrons. The third-order valence-corrected chi connectivity index (χ3v) is 8.10. The van der Waals surface area contributed by atoms with Crippen molar-refractivity contribution < 1.29 is 43.0 Å². The van der Waals surface area contributed by atoms with E-state index in [1.807, 2.05) is 19.1 Å². The Balaban J connectivity index is 4.09. The fourth-order valence-electron chi connectivity index (χ4n) is 4.85. The molecular formula is C38H67O9P. The number of hydrogen-bond donors (Lipinski definition) is 3. The summed E-state index contributed by atoms with van der Waals surface area (Å²) in [5.74, 6) is -0.969. The van der Waals surface area contributed by atoms with E-state index < -0.39 is 32.5 Å². The van der Waals surface area contributed by atoms with Crippen LogP contribution in [0.3, 0.4) is 0 Å². The lowest BCUT2D eigenvalue weighted by Gasteiger charge is -2.18. The van der Waals surface area contributed by atoms with Crippen molar-refractivity contribution in [3.05, 3.63) is 48.6 Å². The number of phosphoric acid groups is 1. The van der Waals surface area contributed by atoms with Crippen LogP contribution >= 0.6 is 7.82 Å². The summed E-state index contributed by atoms with van der Waals surface area (Å²) in [4.78, 5) is 42.6. The zero-order chi connectivity index (χ0) is 35.6. The summed E-state index contributed by atoms with van der Waals surface area (Å²) in [6.07, 6.45) is 36.8. The van der Waals surface area contributed by atoms with Crippen LogP contribution in [0.15, 0.2) is 48.6 Å². The fraction of sp³-hybridized carbons (Fsp3) is 0.737. The van der Waals surface area contributed by atoms with Gasteiger partial charge in [0.2, 0.25) is 0 Å². The van der Waals surface area contributed by atoms with E-state index in [0.29, 0.717) is 19.3 Å². The average molecular weight is 699 g/mol. The molecule has 48 heavy (non-hydrogen) atoms. The largest absolute Gasteiger partial charge is 0.469 e. The van der Waals surface area contributed by atoms with Gasteiger partial charge in [0, 0.05) is 12.8 Å². The summed E-state index contributed by atoms with van der Waals surface area (Å²) in [5, 5.41) is 9.24. The quantitative estimate of drug-likeness (QED) is 0.0264. The Morgan fingerprint density at radius 1 is 0.625 bits per heavy atom. The number of aliphatic hydroxyl groups is 1. The molecule has 278 valence electrons. The predicted octanol–water partition coefficient (Wildman–Crippen LogP) is 9.76. The number of esters is 2. The molecule has 0 amide bonds. The van der Waals surface area contributed by atoms with Crippen LogP contribution in [0.1, 0.15) is 155 Å². The molecule has 3 N–H and O–H groups in total. The Labute approximate surface area is 291 Å². The molecule has 0 bridgehead atoms. The van der Waals surface area contributed by atoms with Crippen LogP contribution < -0.4 is 0 Å². The van der Waals surface area contributed by atoms with Crippen molar-refractivity contribution in [3.8, 4) is 0 Å². The number of unbranched alkanes of at least 4 members (excludes halogenated alkanes) is 13. The third-order valence-electron chi connectivity index (χ3n) is 7.62. The first kappa shape index (κ1) is 46.0. The minimum atomic E-state index is -4.77. The lowest BCUT2D eigenvalue weighted by molar-refractivity contribution is -0.161. The molecule has 0 aliphatic carbocycles. The monoisotopic (exact) mass is 698 g/mol. The number of hydrogen-bond acceptors (Lipinski definition) is 7. The molecule has 2 atom stereocenters. The van der Waals surface area contributed by atoms with Gasteiger partial charge in [-0.25, -0.2) is 4.57 Å². The second kappa shape index (κ2) is 33.5. The van der Waals surface area contributed by atoms with E-state index in [9.17, 15) is 19.3 Å². The second-order valence-corrected chi connectivity index (χ2v) is 13.7. The Kier molecular flexibility index (Phi) is 32.1. The topological polar surface area (TPSA) is 140 Å². The zero-order valence-electron chi connectivity index (χ0n) is 30.0. The zero-order valence-corrected chi connectivity index (χ0v) is 30.9. The van der Waals surface area contributed by atoms with Gasteiger partial charge in [-0.1, -0.05) is 126 Å². The SMILES string of the molecule is CCCCCCCCCCCCCCC(=O)OC[C@H](COP(=O)(O)O)OC(=O)CCC/C=C\C/C=C\C/C=C\C/C=C\CCC[C@H](C)O. The summed E-state index contributed by atoms with van der Waals surface area (Å²) >= 11 is 0. The number of aliphatic hydroxyl groups excluding tert-OH is 1. The van der Waals surface area contributed by atoms with Crippen molar-refractivity contribution in [3.63, 3.8) is 0 Å². The summed E-state index contributed by atoms with van der Waals surface area (Å²) in [6, 6.07) is 0. The maximum Gasteiger partial charge on any atom is 0.469 e. The fourth-order valence-corrected chi connectivity index (χ4v) is 5.21. The van der Waals surface area contributed by atoms with Crippen molar-refractivity contribution in [2.75, 3.05) is 13.2 Å². The molecule has 0 aliphatic heterocycles. The van der Waals surface area contributed by atoms with Gasteiger partial charge in [0.25, 0.3) is 0 Å². The third kappa shape index (κ3) is 36.8. The van der Waals surface area contributed by atoms with E-state index >= 15 is 0 Å². The predicted molar refractivity (Wildman–Crippen MR) is 194 cm³/mol. The first-order chi connectivity index (χ1) is 23.1. The molecule has 0 fully saturated rings. The number of carbonyl (C=O) groups is 2. The highest BCUT2D eigenvalue weighted by Gasteiger charge is 2.22. The molecule has 0 spiro atoms. The van der Waals surface area contributed by atoms with Crippen molar-refractivity contribution in [2.45, 2.75) is 167 Å². The number of ether oxygens (including phenoxy) is 2. The highest BCUT2D eigenvalue weighted by Crippen LogP contribution is 2.35. The van der Waals surface area contributed by atoms with Crippen molar-refractivity contribution in [1.82, 2.24) is 0 Å². The highest BCUT2D eigenvalue weighted by atomic mass is 31.2. The van der Waals surface area contributed by atoms with Gasteiger partial charge in [-0.15, -0.1) is 0 Å². The van der Waals surface area contributed by atoms with E-state index in [4.69, 9.17) is 19.3 Å². The van der Waals surface area contributed by atoms with Crippen LogP contribution in [0, 0.1) is 0 Å². The number of phosphoric ester groups is 1. The van der Waals surface area contributed by atoms with E-state index in [-0.39, 0.29) is 25.6 Å². The molecule has 0 aromatic rings. The van der Waals surface area contributed by atoms with Gasteiger partial charge in [-0.05, 0) is 64.7 Å². The normalized spacial score (nSPS) is 13.7. The Morgan fingerprint density at radius 2 is 1.08 bits per heavy atom. The van der Waals surface area contributed by atoms with E-state index in [0.717, 1.165) is 51.4 Å². The van der Waals surface area contributed by atoms with Gasteiger partial charge in [-0.3, -0.25) is 14.1 Å². The minimum absolute atomic E-state index is 0.124. The van der Waals surface area contributed by atoms with Crippen molar-refractivity contribution in [2.24, 2.45) is 0 Å². The van der Waals surface area contributed by atoms with Gasteiger partial charge in [0.1, 0.15) is 6.61 Å². The van der Waals surface area contributed by atoms with Gasteiger partial charge in [0.05, 0.1) is 12.7 Å². The summed E-state index contributed by atoms with van der Waals surface area (Å²) in [5.41, 5.74) is 0. The first-order valence-electron chi connectivity index (χ1n) is 18.5. The molecule has 0 heterocycles. The average Bonchev–Trinajstić information content (AvgIpc) is 3.03. The maximum absolute atomic E-state index is 12.3. The molecule has 0 aromatic heterocycles. The van der Waals surface area contributed by atoms with Gasteiger partial charge < -0.3 is 24.4 Å². The van der Waals surface area contributed by atoms with Crippen LogP contribution in [-0.4, -0.2) is 52.3 Å². The van der Waals surface area contributed by atoms with Crippen LogP contribution in [0.4, 0.5) is 0 Å². The smallest absolute Gasteiger partial charge is 0.462 e. The minimum Gasteiger partial charge on any atom is -0.462 e. The van der Waals surface area contributed by atoms with Crippen LogP contribution in [0.5, 0.6) is 0 Å². The van der Waals surface area contributed by atoms with E-state index in [2.05, 4.69) is 47.9 Å². The number of rotatable bonds is 33. The Bertz CT molecular complexity index is 936. The van der Waals surface area contributed by atoms with Crippen LogP contribution in [-0.2, 0) is 28.2 Å². The maximum atomic E-state index is 12.3. The summed E-state index contributed by atoms with van der Waals surface area (Å²) in [7, 11) is -4.77. The first-order valence-corrected chi connectivity index (χ1v) is 20.0. The standard InChI is InChI=1S/C38H67O9P/c1-3-4-5-6-7-8-9-16-19-22-25-28-31-37(40)45-33-36(34-46-48(42,43)44)47-38(41)32-29-26-23-20-17-14-12-10-11-13-15-18-21-24-27-30-35(2)39/h11-14,18,20-21,23,35-36,39H,3-10,15-17,19,22,24-34H2,1-2H3,(H2,42,43,44)/b13-11-,14-12-,21-18-,23-20-/t35-,36+/m0/s1. The molecule has 0 aromatic carbocycles. The van der Waals surface area contributed by atoms with Crippen molar-refractivity contribution in [1.29, 1.82) is 0 Å². The van der Waals surface area contributed by atoms with E-state index in [1.165, 1.54) is 57.8 Å². The molecule has 10 heteroatoms. The van der Waals surface area contributed by atoms with Gasteiger partial charge in [-0.2, -0.15) is 0 Å². The molecular weight excluding hydrogens is 631 g/mol. The summed E-state index contributed by atoms with van der Waals surface area (Å²) in [6.45, 7) is 3.17. The Morgan fingerprint density at radius 3 is 1.58 bits per heavy atom. The highest BCUT2D eigenvalue weighted by molar-refractivity contribution is 7.46. The number of allylic oxidation sites excluding steroid dienone is 8. The number of carbonyl (C=O) groups excluding carboxylic acids is 2. The van der Waals surface area contributed by atoms with E-state index in [1.54, 1.807) is 0 Å². The lowest BCUT2D eigenvalue weighted by atomic mass is 10.0. The second-order valence-electron chi connectivity index (χ2n) is 12.5. The van der Waals surface area contributed by atoms with Crippen LogP contribution in [0.25, 0.3) is 0 Å². The molecule has 9 nitrogen and oxygen atoms in total. The lowest BCUT2D eigenvalue weighted by Crippen LogP contribution is -2.29. The Hall–Kier alpha value is -2.03. The molecule has 0 aliphatic rings. The molecule has 0 saturated carbocycles. The van der Waals surface area contributed by atoms with Gasteiger partial charge in [0.15, 0.2) is 6.10 Å². The summed E-state index contributed by atoms with van der Waals surface area (Å²) < 4.78 is 26.2.